The molecule has 2 aliphatic rings. The largest absolute Gasteiger partial charge is 0.355 e. The first-order valence-corrected chi connectivity index (χ1v) is 9.33. The summed E-state index contributed by atoms with van der Waals surface area (Å²) < 4.78 is 0. The topological polar surface area (TPSA) is 41.1 Å². The van der Waals surface area contributed by atoms with Crippen molar-refractivity contribution >= 4 is 17.5 Å². The summed E-state index contributed by atoms with van der Waals surface area (Å²) in [4.78, 5) is 13.1. The van der Waals surface area contributed by atoms with Crippen molar-refractivity contribution in [2.24, 2.45) is 5.92 Å². The van der Waals surface area contributed by atoms with Crippen molar-refractivity contribution in [1.82, 2.24) is 10.6 Å². The summed E-state index contributed by atoms with van der Waals surface area (Å²) in [5.74, 6) is 0.781. The zero-order chi connectivity index (χ0) is 16.1. The van der Waals surface area contributed by atoms with Gasteiger partial charge in [-0.25, -0.2) is 0 Å². The lowest BCUT2D eigenvalue weighted by Gasteiger charge is -2.37. The van der Waals surface area contributed by atoms with Crippen LogP contribution in [-0.4, -0.2) is 25.5 Å². The Kier molecular flexibility index (Phi) is 5.60. The zero-order valence-electron chi connectivity index (χ0n) is 13.7. The summed E-state index contributed by atoms with van der Waals surface area (Å²) in [7, 11) is 0. The fourth-order valence-corrected chi connectivity index (χ4v) is 4.20. The maximum absolute atomic E-state index is 13.1. The van der Waals surface area contributed by atoms with E-state index < -0.39 is 0 Å². The first-order valence-electron chi connectivity index (χ1n) is 8.96. The first kappa shape index (κ1) is 16.8. The molecular formula is C19H27ClN2O. The van der Waals surface area contributed by atoms with Gasteiger partial charge in [-0.05, 0) is 62.4 Å². The van der Waals surface area contributed by atoms with E-state index in [9.17, 15) is 4.79 Å². The Balaban J connectivity index is 1.72. The van der Waals surface area contributed by atoms with Crippen LogP contribution in [0.1, 0.15) is 50.5 Å². The molecule has 1 aromatic rings. The second kappa shape index (κ2) is 7.67. The number of benzene rings is 1. The van der Waals surface area contributed by atoms with E-state index in [1.807, 2.05) is 24.3 Å². The minimum Gasteiger partial charge on any atom is -0.355 e. The fourth-order valence-electron chi connectivity index (χ4n) is 4.08. The lowest BCUT2D eigenvalue weighted by atomic mass is 9.68. The number of carbonyl (C=O) groups is 1. The van der Waals surface area contributed by atoms with E-state index >= 15 is 0 Å². The van der Waals surface area contributed by atoms with Crippen LogP contribution in [0.3, 0.4) is 0 Å². The fraction of sp³-hybridized carbons (Fsp3) is 0.632. The number of hydrogen-bond donors (Lipinski definition) is 2. The SMILES string of the molecule is O=C(NCC1CCCNC1)C1(c2ccc(Cl)cc2)CCCCC1. The molecule has 126 valence electrons. The van der Waals surface area contributed by atoms with Gasteiger partial charge in [0.2, 0.25) is 5.91 Å². The van der Waals surface area contributed by atoms with Crippen molar-refractivity contribution in [2.75, 3.05) is 19.6 Å². The van der Waals surface area contributed by atoms with E-state index in [4.69, 9.17) is 11.6 Å². The van der Waals surface area contributed by atoms with E-state index in [1.165, 1.54) is 19.3 Å². The minimum absolute atomic E-state index is 0.213. The number of halogens is 1. The van der Waals surface area contributed by atoms with Crippen molar-refractivity contribution in [3.05, 3.63) is 34.9 Å². The van der Waals surface area contributed by atoms with E-state index in [1.54, 1.807) is 0 Å². The van der Waals surface area contributed by atoms with Gasteiger partial charge in [0.1, 0.15) is 0 Å². The van der Waals surface area contributed by atoms with E-state index in [2.05, 4.69) is 10.6 Å². The molecule has 0 aromatic heterocycles. The van der Waals surface area contributed by atoms with Crippen LogP contribution in [0.25, 0.3) is 0 Å². The molecule has 3 nitrogen and oxygen atoms in total. The highest BCUT2D eigenvalue weighted by molar-refractivity contribution is 6.30. The number of amides is 1. The molecule has 2 N–H and O–H groups in total. The van der Waals surface area contributed by atoms with Crippen LogP contribution in [0.15, 0.2) is 24.3 Å². The lowest BCUT2D eigenvalue weighted by Crippen LogP contribution is -2.48. The molecule has 1 aliphatic carbocycles. The van der Waals surface area contributed by atoms with E-state index in [-0.39, 0.29) is 11.3 Å². The molecule has 23 heavy (non-hydrogen) atoms. The van der Waals surface area contributed by atoms with Crippen LogP contribution in [0.5, 0.6) is 0 Å². The normalized spacial score (nSPS) is 24.1. The molecule has 1 unspecified atom stereocenters. The molecule has 1 heterocycles. The third kappa shape index (κ3) is 3.89. The maximum Gasteiger partial charge on any atom is 0.230 e. The van der Waals surface area contributed by atoms with Gasteiger partial charge in [0.15, 0.2) is 0 Å². The smallest absolute Gasteiger partial charge is 0.230 e. The molecular weight excluding hydrogens is 308 g/mol. The second-order valence-corrected chi connectivity index (χ2v) is 7.51. The second-order valence-electron chi connectivity index (χ2n) is 7.07. The van der Waals surface area contributed by atoms with Crippen LogP contribution in [0.2, 0.25) is 5.02 Å². The van der Waals surface area contributed by atoms with Crippen LogP contribution in [0, 0.1) is 5.92 Å². The number of rotatable bonds is 4. The molecule has 0 spiro atoms. The highest BCUT2D eigenvalue weighted by Crippen LogP contribution is 2.40. The van der Waals surface area contributed by atoms with Gasteiger partial charge in [-0.1, -0.05) is 43.0 Å². The van der Waals surface area contributed by atoms with Gasteiger partial charge in [-0.3, -0.25) is 4.79 Å². The average Bonchev–Trinajstić information content (AvgIpc) is 2.61. The predicted molar refractivity (Wildman–Crippen MR) is 94.8 cm³/mol. The number of hydrogen-bond acceptors (Lipinski definition) is 2. The third-order valence-electron chi connectivity index (χ3n) is 5.49. The molecule has 4 heteroatoms. The molecule has 0 radical (unpaired) electrons. The average molecular weight is 335 g/mol. The van der Waals surface area contributed by atoms with Crippen molar-refractivity contribution in [3.63, 3.8) is 0 Å². The lowest BCUT2D eigenvalue weighted by molar-refractivity contribution is -0.128. The molecule has 1 amide bonds. The monoisotopic (exact) mass is 334 g/mol. The molecule has 2 fully saturated rings. The molecule has 1 saturated heterocycles. The Bertz CT molecular complexity index is 517. The summed E-state index contributed by atoms with van der Waals surface area (Å²) in [6.45, 7) is 2.93. The van der Waals surface area contributed by atoms with Crippen molar-refractivity contribution in [3.8, 4) is 0 Å². The number of piperidine rings is 1. The van der Waals surface area contributed by atoms with Gasteiger partial charge >= 0.3 is 0 Å². The third-order valence-corrected chi connectivity index (χ3v) is 5.74. The van der Waals surface area contributed by atoms with Crippen LogP contribution in [0.4, 0.5) is 0 Å². The van der Waals surface area contributed by atoms with E-state index in [0.29, 0.717) is 5.92 Å². The number of carbonyl (C=O) groups excluding carboxylic acids is 1. The van der Waals surface area contributed by atoms with Crippen LogP contribution >= 0.6 is 11.6 Å². The van der Waals surface area contributed by atoms with Gasteiger partial charge in [-0.2, -0.15) is 0 Å². The Morgan fingerprint density at radius 2 is 1.91 bits per heavy atom. The Morgan fingerprint density at radius 1 is 1.17 bits per heavy atom. The Morgan fingerprint density at radius 3 is 2.57 bits per heavy atom. The van der Waals surface area contributed by atoms with Gasteiger partial charge in [0.25, 0.3) is 0 Å². The van der Waals surface area contributed by atoms with Crippen molar-refractivity contribution in [2.45, 2.75) is 50.4 Å². The molecule has 1 aliphatic heterocycles. The first-order chi connectivity index (χ1) is 11.2. The predicted octanol–water partition coefficient (Wildman–Crippen LogP) is 3.66. The van der Waals surface area contributed by atoms with Gasteiger partial charge in [0.05, 0.1) is 5.41 Å². The summed E-state index contributed by atoms with van der Waals surface area (Å²) in [5.41, 5.74) is 0.770. The minimum atomic E-state index is -0.356. The molecule has 1 atom stereocenters. The summed E-state index contributed by atoms with van der Waals surface area (Å²) in [6, 6.07) is 7.89. The molecule has 0 bridgehead atoms. The summed E-state index contributed by atoms with van der Waals surface area (Å²) in [6.07, 6.45) is 7.80. The number of nitrogens with one attached hydrogen (secondary N) is 2. The standard InChI is InChI=1S/C19H27ClN2O/c20-17-8-6-16(7-9-17)19(10-2-1-3-11-19)18(23)22-14-15-5-4-12-21-13-15/h6-9,15,21H,1-5,10-14H2,(H,22,23). The maximum atomic E-state index is 13.1. The van der Waals surface area contributed by atoms with Crippen molar-refractivity contribution in [1.29, 1.82) is 0 Å². The molecule has 3 rings (SSSR count). The van der Waals surface area contributed by atoms with Gasteiger partial charge in [-0.15, -0.1) is 0 Å². The molecule has 1 aromatic carbocycles. The Hall–Kier alpha value is -1.06. The van der Waals surface area contributed by atoms with Crippen molar-refractivity contribution < 1.29 is 4.79 Å². The summed E-state index contributed by atoms with van der Waals surface area (Å²) >= 11 is 6.03. The van der Waals surface area contributed by atoms with Gasteiger partial charge in [0, 0.05) is 11.6 Å². The van der Waals surface area contributed by atoms with Crippen LogP contribution < -0.4 is 10.6 Å². The van der Waals surface area contributed by atoms with E-state index in [0.717, 1.165) is 55.9 Å². The zero-order valence-corrected chi connectivity index (χ0v) is 14.5. The Labute approximate surface area is 144 Å². The quantitative estimate of drug-likeness (QED) is 0.882. The highest BCUT2D eigenvalue weighted by Gasteiger charge is 2.41. The summed E-state index contributed by atoms with van der Waals surface area (Å²) in [5, 5.41) is 7.41. The highest BCUT2D eigenvalue weighted by atomic mass is 35.5. The molecule has 1 saturated carbocycles. The van der Waals surface area contributed by atoms with Crippen LogP contribution in [-0.2, 0) is 10.2 Å². The van der Waals surface area contributed by atoms with Gasteiger partial charge < -0.3 is 10.6 Å².